The lowest BCUT2D eigenvalue weighted by Crippen LogP contribution is -2.09. The Morgan fingerprint density at radius 2 is 2.38 bits per heavy atom. The molecular weight excluding hydrogens is 211 g/mol. The molecule has 0 saturated carbocycles. The van der Waals surface area contributed by atoms with Gasteiger partial charge in [0.1, 0.15) is 18.0 Å². The van der Waals surface area contributed by atoms with Crippen molar-refractivity contribution >= 4 is 0 Å². The number of aliphatic hydroxyl groups excluding tert-OH is 1. The van der Waals surface area contributed by atoms with Gasteiger partial charge in [0.05, 0.1) is 12.3 Å². The molecule has 0 aliphatic rings. The van der Waals surface area contributed by atoms with Crippen LogP contribution in [-0.4, -0.2) is 24.9 Å². The maximum Gasteiger partial charge on any atom is 0.147 e. The summed E-state index contributed by atoms with van der Waals surface area (Å²) in [6.45, 7) is 0. The summed E-state index contributed by atoms with van der Waals surface area (Å²) in [4.78, 5) is 7.59. The molecule has 0 fully saturated rings. The van der Waals surface area contributed by atoms with Crippen LogP contribution >= 0.6 is 0 Å². The lowest BCUT2D eigenvalue weighted by atomic mass is 10.1. The topological polar surface area (TPSA) is 63.8 Å². The van der Waals surface area contributed by atoms with Gasteiger partial charge in [-0.25, -0.2) is 9.37 Å². The van der Waals surface area contributed by atoms with Crippen LogP contribution in [0.25, 0.3) is 0 Å². The van der Waals surface area contributed by atoms with Gasteiger partial charge >= 0.3 is 0 Å². The van der Waals surface area contributed by atoms with Crippen molar-refractivity contribution in [1.29, 1.82) is 0 Å². The third-order valence-electron chi connectivity index (χ3n) is 2.34. The molecule has 16 heavy (non-hydrogen) atoms. The highest BCUT2D eigenvalue weighted by atomic mass is 19.1. The lowest BCUT2D eigenvalue weighted by Gasteiger charge is -2.10. The minimum Gasteiger partial charge on any atom is -0.388 e. The van der Waals surface area contributed by atoms with Crippen molar-refractivity contribution in [3.63, 3.8) is 0 Å². The van der Waals surface area contributed by atoms with Crippen LogP contribution in [0, 0.1) is 5.82 Å². The zero-order valence-corrected chi connectivity index (χ0v) is 8.71. The Morgan fingerprint density at radius 1 is 1.56 bits per heavy atom. The first-order chi connectivity index (χ1) is 7.68. The van der Waals surface area contributed by atoms with E-state index in [-0.39, 0.29) is 12.0 Å². The molecule has 0 amide bonds. The quantitative estimate of drug-likeness (QED) is 0.827. The maximum absolute atomic E-state index is 13.3. The van der Waals surface area contributed by atoms with E-state index in [4.69, 9.17) is 0 Å². The minimum absolute atomic E-state index is 0.220. The van der Waals surface area contributed by atoms with Crippen molar-refractivity contribution in [2.45, 2.75) is 12.5 Å². The summed E-state index contributed by atoms with van der Waals surface area (Å²) in [5.41, 5.74) is 0.220. The molecule has 2 aromatic heterocycles. The third-order valence-corrected chi connectivity index (χ3v) is 2.34. The molecule has 0 aromatic carbocycles. The summed E-state index contributed by atoms with van der Waals surface area (Å²) >= 11 is 0. The number of halogens is 1. The number of hydrogen-bond acceptors (Lipinski definition) is 4. The van der Waals surface area contributed by atoms with Crippen molar-refractivity contribution in [3.8, 4) is 0 Å². The fourth-order valence-corrected chi connectivity index (χ4v) is 1.44. The van der Waals surface area contributed by atoms with Gasteiger partial charge in [-0.3, -0.25) is 9.67 Å². The van der Waals surface area contributed by atoms with Crippen LogP contribution in [-0.2, 0) is 13.5 Å². The van der Waals surface area contributed by atoms with E-state index in [1.165, 1.54) is 18.6 Å². The van der Waals surface area contributed by atoms with Gasteiger partial charge in [-0.15, -0.1) is 0 Å². The van der Waals surface area contributed by atoms with Crippen LogP contribution in [0.4, 0.5) is 4.39 Å². The van der Waals surface area contributed by atoms with Crippen LogP contribution in [0.15, 0.2) is 24.8 Å². The highest BCUT2D eigenvalue weighted by Gasteiger charge is 2.15. The van der Waals surface area contributed by atoms with E-state index in [1.54, 1.807) is 11.7 Å². The van der Waals surface area contributed by atoms with Crippen LogP contribution < -0.4 is 0 Å². The zero-order chi connectivity index (χ0) is 11.5. The second-order valence-electron chi connectivity index (χ2n) is 3.42. The van der Waals surface area contributed by atoms with E-state index in [2.05, 4.69) is 15.1 Å². The van der Waals surface area contributed by atoms with Gasteiger partial charge in [0.15, 0.2) is 0 Å². The van der Waals surface area contributed by atoms with Gasteiger partial charge in [0.2, 0.25) is 0 Å². The summed E-state index contributed by atoms with van der Waals surface area (Å²) in [6.07, 6.45) is 3.20. The van der Waals surface area contributed by atoms with E-state index >= 15 is 0 Å². The summed E-state index contributed by atoms with van der Waals surface area (Å²) in [5.74, 6) is 0.0841. The van der Waals surface area contributed by atoms with Crippen LogP contribution in [0.5, 0.6) is 0 Å². The number of pyridine rings is 1. The van der Waals surface area contributed by atoms with Gasteiger partial charge in [0, 0.05) is 25.2 Å². The molecule has 0 radical (unpaired) electrons. The molecule has 0 spiro atoms. The number of aromatic nitrogens is 4. The van der Waals surface area contributed by atoms with E-state index in [0.29, 0.717) is 5.82 Å². The molecule has 6 heteroatoms. The van der Waals surface area contributed by atoms with Crippen molar-refractivity contribution < 1.29 is 9.50 Å². The molecule has 0 aliphatic heterocycles. The average molecular weight is 222 g/mol. The number of aryl methyl sites for hydroxylation is 1. The molecule has 0 bridgehead atoms. The second-order valence-corrected chi connectivity index (χ2v) is 3.42. The van der Waals surface area contributed by atoms with E-state index < -0.39 is 11.9 Å². The highest BCUT2D eigenvalue weighted by molar-refractivity contribution is 5.16. The number of aliphatic hydroxyl groups is 1. The third kappa shape index (κ3) is 2.06. The molecule has 2 aromatic rings. The molecule has 0 aliphatic carbocycles. The van der Waals surface area contributed by atoms with E-state index in [1.807, 2.05) is 0 Å². The second kappa shape index (κ2) is 4.36. The summed E-state index contributed by atoms with van der Waals surface area (Å²) < 4.78 is 14.8. The van der Waals surface area contributed by atoms with Crippen LogP contribution in [0.1, 0.15) is 17.5 Å². The number of nitrogens with zero attached hydrogens (tertiary/aromatic N) is 4. The summed E-state index contributed by atoms with van der Waals surface area (Å²) in [6, 6.07) is 1.45. The van der Waals surface area contributed by atoms with Gasteiger partial charge < -0.3 is 5.11 Å². The Hall–Kier alpha value is -1.82. The molecule has 84 valence electrons. The monoisotopic (exact) mass is 222 g/mol. The smallest absolute Gasteiger partial charge is 0.147 e. The Balaban J connectivity index is 2.18. The van der Waals surface area contributed by atoms with Crippen molar-refractivity contribution in [2.75, 3.05) is 0 Å². The van der Waals surface area contributed by atoms with Crippen molar-refractivity contribution in [3.05, 3.63) is 42.0 Å². The summed E-state index contributed by atoms with van der Waals surface area (Å²) in [7, 11) is 1.72. The van der Waals surface area contributed by atoms with Gasteiger partial charge in [-0.2, -0.15) is 5.10 Å². The van der Waals surface area contributed by atoms with Crippen molar-refractivity contribution in [1.82, 2.24) is 19.7 Å². The fraction of sp³-hybridized carbons (Fsp3) is 0.300. The predicted molar refractivity (Wildman–Crippen MR) is 53.9 cm³/mol. The molecule has 0 saturated heterocycles. The number of hydrogen-bond donors (Lipinski definition) is 1. The molecule has 2 rings (SSSR count). The largest absolute Gasteiger partial charge is 0.388 e. The van der Waals surface area contributed by atoms with Gasteiger partial charge in [-0.1, -0.05) is 0 Å². The Morgan fingerprint density at radius 3 is 3.00 bits per heavy atom. The first-order valence-electron chi connectivity index (χ1n) is 4.79. The first kappa shape index (κ1) is 10.7. The summed E-state index contributed by atoms with van der Waals surface area (Å²) in [5, 5.41) is 13.7. The maximum atomic E-state index is 13.3. The average Bonchev–Trinajstić information content (AvgIpc) is 2.65. The lowest BCUT2D eigenvalue weighted by molar-refractivity contribution is 0.169. The van der Waals surface area contributed by atoms with Gasteiger partial charge in [-0.05, 0) is 6.07 Å². The SMILES string of the molecule is Cn1ncnc1CC(O)c1ccncc1F. The van der Waals surface area contributed by atoms with E-state index in [0.717, 1.165) is 6.20 Å². The van der Waals surface area contributed by atoms with Crippen LogP contribution in [0.3, 0.4) is 0 Å². The normalized spacial score (nSPS) is 12.7. The molecule has 1 atom stereocenters. The Bertz CT molecular complexity index is 485. The van der Waals surface area contributed by atoms with Crippen molar-refractivity contribution in [2.24, 2.45) is 7.05 Å². The highest BCUT2D eigenvalue weighted by Crippen LogP contribution is 2.18. The minimum atomic E-state index is -0.939. The van der Waals surface area contributed by atoms with E-state index in [9.17, 15) is 9.50 Å². The van der Waals surface area contributed by atoms with Crippen LogP contribution in [0.2, 0.25) is 0 Å². The predicted octanol–water partition coefficient (Wildman–Crippen LogP) is 0.625. The molecule has 1 unspecified atom stereocenters. The van der Waals surface area contributed by atoms with Gasteiger partial charge in [0.25, 0.3) is 0 Å². The zero-order valence-electron chi connectivity index (χ0n) is 8.71. The standard InChI is InChI=1S/C10H11FN4O/c1-15-10(13-6-14-15)4-9(16)7-2-3-12-5-8(7)11/h2-3,5-6,9,16H,4H2,1H3. The number of rotatable bonds is 3. The molecule has 5 nitrogen and oxygen atoms in total. The molecular formula is C10H11FN4O. The Kier molecular flexibility index (Phi) is 2.91. The first-order valence-corrected chi connectivity index (χ1v) is 4.79. The molecule has 2 heterocycles. The fourth-order valence-electron chi connectivity index (χ4n) is 1.44. The molecule has 1 N–H and O–H groups in total. The Labute approximate surface area is 91.6 Å².